The minimum atomic E-state index is 0.648. The lowest BCUT2D eigenvalue weighted by atomic mass is 10.2. The molecule has 0 bridgehead atoms. The zero-order valence-corrected chi connectivity index (χ0v) is 13.1. The Morgan fingerprint density at radius 2 is 2.30 bits per heavy atom. The fourth-order valence-corrected chi connectivity index (χ4v) is 3.60. The number of rotatable bonds is 7. The van der Waals surface area contributed by atoms with Crippen molar-refractivity contribution in [1.82, 2.24) is 15.3 Å². The third-order valence-corrected chi connectivity index (χ3v) is 4.86. The minimum Gasteiger partial charge on any atom is -0.333 e. The molecule has 4 heteroatoms. The van der Waals surface area contributed by atoms with Crippen molar-refractivity contribution in [3.05, 3.63) is 23.8 Å². The maximum Gasteiger partial charge on any atom is 0.166 e. The number of nitrogens with one attached hydrogen (secondary N) is 2. The van der Waals surface area contributed by atoms with Crippen molar-refractivity contribution in [3.63, 3.8) is 0 Å². The normalized spacial score (nSPS) is 16.7. The second kappa shape index (κ2) is 6.19. The first kappa shape index (κ1) is 14.0. The molecular formula is C16H23N3S. The van der Waals surface area contributed by atoms with Crippen molar-refractivity contribution >= 4 is 22.8 Å². The molecule has 1 unspecified atom stereocenters. The molecule has 1 aliphatic carbocycles. The molecule has 0 saturated heterocycles. The molecule has 20 heavy (non-hydrogen) atoms. The standard InChI is InChI=1S/C16H23N3S/c1-3-8-17-15(12-5-6-12)10-20-16-18-13-7-4-11(2)9-14(13)19-16/h4,7,9,12,15,17H,3,5-6,8,10H2,1-2H3,(H,18,19). The Kier molecular flexibility index (Phi) is 4.32. The van der Waals surface area contributed by atoms with E-state index in [1.807, 2.05) is 11.8 Å². The fraction of sp³-hybridized carbons (Fsp3) is 0.562. The highest BCUT2D eigenvalue weighted by Crippen LogP contribution is 2.35. The maximum atomic E-state index is 4.67. The van der Waals surface area contributed by atoms with Crippen LogP contribution in [0.3, 0.4) is 0 Å². The van der Waals surface area contributed by atoms with Crippen molar-refractivity contribution in [3.8, 4) is 0 Å². The maximum absolute atomic E-state index is 4.67. The lowest BCUT2D eigenvalue weighted by Gasteiger charge is -2.16. The Morgan fingerprint density at radius 3 is 3.05 bits per heavy atom. The number of fused-ring (bicyclic) bond motifs is 1. The Balaban J connectivity index is 1.63. The summed E-state index contributed by atoms with van der Waals surface area (Å²) in [5, 5.41) is 4.73. The molecule has 0 radical (unpaired) electrons. The molecular weight excluding hydrogens is 266 g/mol. The average molecular weight is 289 g/mol. The first-order valence-corrected chi connectivity index (χ1v) is 8.57. The van der Waals surface area contributed by atoms with E-state index in [1.54, 1.807) is 0 Å². The minimum absolute atomic E-state index is 0.648. The molecule has 1 aliphatic rings. The number of H-pyrrole nitrogens is 1. The molecule has 2 N–H and O–H groups in total. The zero-order valence-electron chi connectivity index (χ0n) is 12.3. The van der Waals surface area contributed by atoms with Crippen LogP contribution in [0.1, 0.15) is 31.7 Å². The summed E-state index contributed by atoms with van der Waals surface area (Å²) in [7, 11) is 0. The third-order valence-electron chi connectivity index (χ3n) is 3.86. The molecule has 0 amide bonds. The Morgan fingerprint density at radius 1 is 1.45 bits per heavy atom. The summed E-state index contributed by atoms with van der Waals surface area (Å²) in [6.07, 6.45) is 3.99. The van der Waals surface area contributed by atoms with Crippen LogP contribution in [0.15, 0.2) is 23.4 Å². The predicted molar refractivity (Wildman–Crippen MR) is 86.4 cm³/mol. The van der Waals surface area contributed by atoms with Crippen LogP contribution in [0.25, 0.3) is 11.0 Å². The number of aryl methyl sites for hydroxylation is 1. The van der Waals surface area contributed by atoms with E-state index in [0.29, 0.717) is 6.04 Å². The van der Waals surface area contributed by atoms with E-state index < -0.39 is 0 Å². The van der Waals surface area contributed by atoms with E-state index in [0.717, 1.165) is 34.4 Å². The molecule has 0 spiro atoms. The topological polar surface area (TPSA) is 40.7 Å². The molecule has 1 fully saturated rings. The van der Waals surface area contributed by atoms with Crippen LogP contribution in [0.2, 0.25) is 0 Å². The summed E-state index contributed by atoms with van der Waals surface area (Å²) in [4.78, 5) is 8.10. The highest BCUT2D eigenvalue weighted by Gasteiger charge is 2.30. The van der Waals surface area contributed by atoms with Gasteiger partial charge in [0, 0.05) is 11.8 Å². The highest BCUT2D eigenvalue weighted by molar-refractivity contribution is 7.99. The molecule has 3 nitrogen and oxygen atoms in total. The summed E-state index contributed by atoms with van der Waals surface area (Å²) >= 11 is 1.85. The number of benzene rings is 1. The smallest absolute Gasteiger partial charge is 0.166 e. The number of nitrogens with zero attached hydrogens (tertiary/aromatic N) is 1. The van der Waals surface area contributed by atoms with E-state index in [-0.39, 0.29) is 0 Å². The van der Waals surface area contributed by atoms with Crippen LogP contribution in [0, 0.1) is 12.8 Å². The molecule has 108 valence electrons. The second-order valence-corrected chi connectivity index (χ2v) is 6.78. The van der Waals surface area contributed by atoms with Crippen LogP contribution >= 0.6 is 11.8 Å². The van der Waals surface area contributed by atoms with Crippen molar-refractivity contribution in [2.45, 2.75) is 44.3 Å². The summed E-state index contributed by atoms with van der Waals surface area (Å²) in [5.74, 6) is 2.00. The largest absolute Gasteiger partial charge is 0.333 e. The summed E-state index contributed by atoms with van der Waals surface area (Å²) in [6, 6.07) is 7.03. The molecule has 1 saturated carbocycles. The number of hydrogen-bond donors (Lipinski definition) is 2. The monoisotopic (exact) mass is 289 g/mol. The molecule has 1 aromatic carbocycles. The highest BCUT2D eigenvalue weighted by atomic mass is 32.2. The van der Waals surface area contributed by atoms with Gasteiger partial charge in [0.1, 0.15) is 0 Å². The number of aromatic amines is 1. The lowest BCUT2D eigenvalue weighted by Crippen LogP contribution is -2.33. The van der Waals surface area contributed by atoms with Crippen LogP contribution in [-0.4, -0.2) is 28.3 Å². The molecule has 3 rings (SSSR count). The predicted octanol–water partition coefficient (Wildman–Crippen LogP) is 3.74. The first-order valence-electron chi connectivity index (χ1n) is 7.59. The lowest BCUT2D eigenvalue weighted by molar-refractivity contribution is 0.503. The second-order valence-electron chi connectivity index (χ2n) is 5.77. The van der Waals surface area contributed by atoms with Gasteiger partial charge in [-0.05, 0) is 56.3 Å². The van der Waals surface area contributed by atoms with Gasteiger partial charge in [-0.2, -0.15) is 0 Å². The van der Waals surface area contributed by atoms with Gasteiger partial charge in [0.05, 0.1) is 11.0 Å². The van der Waals surface area contributed by atoms with Gasteiger partial charge in [-0.3, -0.25) is 0 Å². The van der Waals surface area contributed by atoms with Gasteiger partial charge in [0.15, 0.2) is 5.16 Å². The SMILES string of the molecule is CCCNC(CSc1nc2ccc(C)cc2[nH]1)C1CC1. The van der Waals surface area contributed by atoms with Crippen molar-refractivity contribution in [1.29, 1.82) is 0 Å². The summed E-state index contributed by atoms with van der Waals surface area (Å²) < 4.78 is 0. The van der Waals surface area contributed by atoms with Gasteiger partial charge in [-0.1, -0.05) is 24.8 Å². The van der Waals surface area contributed by atoms with Gasteiger partial charge < -0.3 is 10.3 Å². The number of aromatic nitrogens is 2. The molecule has 0 aliphatic heterocycles. The van der Waals surface area contributed by atoms with Crippen molar-refractivity contribution in [2.24, 2.45) is 5.92 Å². The van der Waals surface area contributed by atoms with Crippen LogP contribution < -0.4 is 5.32 Å². The molecule has 2 aromatic rings. The number of imidazole rings is 1. The quantitative estimate of drug-likeness (QED) is 0.763. The van der Waals surface area contributed by atoms with Crippen LogP contribution in [0.4, 0.5) is 0 Å². The van der Waals surface area contributed by atoms with Gasteiger partial charge >= 0.3 is 0 Å². The van der Waals surface area contributed by atoms with E-state index in [4.69, 9.17) is 0 Å². The van der Waals surface area contributed by atoms with Gasteiger partial charge in [0.25, 0.3) is 0 Å². The Bertz CT molecular complexity index is 574. The summed E-state index contributed by atoms with van der Waals surface area (Å²) in [6.45, 7) is 5.47. The van der Waals surface area contributed by atoms with Gasteiger partial charge in [0.2, 0.25) is 0 Å². The number of hydrogen-bond acceptors (Lipinski definition) is 3. The fourth-order valence-electron chi connectivity index (χ4n) is 2.53. The van der Waals surface area contributed by atoms with E-state index in [1.165, 1.54) is 24.8 Å². The Hall–Kier alpha value is -1.00. The van der Waals surface area contributed by atoms with Gasteiger partial charge in [-0.25, -0.2) is 4.98 Å². The number of thioether (sulfide) groups is 1. The van der Waals surface area contributed by atoms with E-state index >= 15 is 0 Å². The Labute approximate surface area is 124 Å². The molecule has 1 aromatic heterocycles. The first-order chi connectivity index (χ1) is 9.76. The third kappa shape index (κ3) is 3.36. The van der Waals surface area contributed by atoms with Crippen LogP contribution in [0.5, 0.6) is 0 Å². The average Bonchev–Trinajstić information content (AvgIpc) is 3.19. The van der Waals surface area contributed by atoms with Crippen molar-refractivity contribution < 1.29 is 0 Å². The summed E-state index contributed by atoms with van der Waals surface area (Å²) in [5.41, 5.74) is 3.50. The van der Waals surface area contributed by atoms with E-state index in [9.17, 15) is 0 Å². The molecule has 1 atom stereocenters. The zero-order chi connectivity index (χ0) is 13.9. The van der Waals surface area contributed by atoms with Crippen LogP contribution in [-0.2, 0) is 0 Å². The van der Waals surface area contributed by atoms with E-state index in [2.05, 4.69) is 47.3 Å². The van der Waals surface area contributed by atoms with Gasteiger partial charge in [-0.15, -0.1) is 0 Å². The molecule has 1 heterocycles. The van der Waals surface area contributed by atoms with Crippen molar-refractivity contribution in [2.75, 3.05) is 12.3 Å².